The number of carboxylic acids is 1. The van der Waals surface area contributed by atoms with E-state index in [1.54, 1.807) is 25.2 Å². The summed E-state index contributed by atoms with van der Waals surface area (Å²) in [6.07, 6.45) is 0. The number of carboxylic acid groups (broad SMARTS) is 1. The van der Waals surface area contributed by atoms with Gasteiger partial charge in [-0.3, -0.25) is 4.79 Å². The van der Waals surface area contributed by atoms with Crippen LogP contribution in [0.15, 0.2) is 29.1 Å². The van der Waals surface area contributed by atoms with E-state index in [1.165, 1.54) is 11.7 Å². The first-order chi connectivity index (χ1) is 8.06. The van der Waals surface area contributed by atoms with Crippen molar-refractivity contribution in [1.29, 1.82) is 0 Å². The van der Waals surface area contributed by atoms with Gasteiger partial charge in [0.05, 0.1) is 12.6 Å². The summed E-state index contributed by atoms with van der Waals surface area (Å²) in [5, 5.41) is 9.45. The molecule has 0 saturated heterocycles. The highest BCUT2D eigenvalue weighted by atomic mass is 16.5. The number of ether oxygens (including phenoxy) is 1. The zero-order valence-corrected chi connectivity index (χ0v) is 9.43. The Kier molecular flexibility index (Phi) is 2.59. The van der Waals surface area contributed by atoms with E-state index >= 15 is 0 Å². The van der Waals surface area contributed by atoms with E-state index in [9.17, 15) is 9.59 Å². The van der Waals surface area contributed by atoms with Crippen molar-refractivity contribution >= 4 is 16.9 Å². The molecular weight excluding hydrogens is 222 g/mol. The lowest BCUT2D eigenvalue weighted by molar-refractivity contribution is 0.0686. The second kappa shape index (κ2) is 3.93. The van der Waals surface area contributed by atoms with E-state index in [-0.39, 0.29) is 11.1 Å². The minimum absolute atomic E-state index is 0.0630. The Bertz CT molecular complexity index is 657. The highest BCUT2D eigenvalue weighted by molar-refractivity contribution is 5.92. The summed E-state index contributed by atoms with van der Waals surface area (Å²) < 4.78 is 6.59. The van der Waals surface area contributed by atoms with Gasteiger partial charge in [0.1, 0.15) is 11.4 Å². The van der Waals surface area contributed by atoms with E-state index < -0.39 is 5.97 Å². The van der Waals surface area contributed by atoms with Crippen molar-refractivity contribution in [2.75, 3.05) is 7.11 Å². The number of hydrogen-bond donors (Lipinski definition) is 1. The summed E-state index contributed by atoms with van der Waals surface area (Å²) >= 11 is 0. The molecule has 17 heavy (non-hydrogen) atoms. The van der Waals surface area contributed by atoms with Gasteiger partial charge in [0.2, 0.25) is 0 Å². The largest absolute Gasteiger partial charge is 0.495 e. The average Bonchev–Trinajstić information content (AvgIpc) is 2.32. The van der Waals surface area contributed by atoms with Crippen LogP contribution in [0.25, 0.3) is 10.9 Å². The van der Waals surface area contributed by atoms with Crippen LogP contribution < -0.4 is 10.2 Å². The van der Waals surface area contributed by atoms with Crippen LogP contribution in [0.3, 0.4) is 0 Å². The molecule has 2 rings (SSSR count). The Morgan fingerprint density at radius 1 is 1.41 bits per heavy atom. The molecule has 0 radical (unpaired) electrons. The number of para-hydroxylation sites is 1. The maximum Gasteiger partial charge on any atom is 0.352 e. The number of benzene rings is 1. The van der Waals surface area contributed by atoms with E-state index in [0.29, 0.717) is 16.7 Å². The fraction of sp³-hybridized carbons (Fsp3) is 0.167. The van der Waals surface area contributed by atoms with Gasteiger partial charge in [-0.2, -0.15) is 0 Å². The van der Waals surface area contributed by atoms with Crippen molar-refractivity contribution in [3.05, 3.63) is 40.2 Å². The smallest absolute Gasteiger partial charge is 0.352 e. The fourth-order valence-corrected chi connectivity index (χ4v) is 1.86. The molecule has 0 saturated carbocycles. The van der Waals surface area contributed by atoms with Crippen LogP contribution in [-0.2, 0) is 7.05 Å². The van der Waals surface area contributed by atoms with Gasteiger partial charge in [-0.25, -0.2) is 4.79 Å². The summed E-state index contributed by atoms with van der Waals surface area (Å²) in [4.78, 5) is 22.8. The summed E-state index contributed by atoms with van der Waals surface area (Å²) in [6.45, 7) is 0. The Morgan fingerprint density at radius 3 is 2.71 bits per heavy atom. The Labute approximate surface area is 96.9 Å². The van der Waals surface area contributed by atoms with Gasteiger partial charge in [0, 0.05) is 18.5 Å². The van der Waals surface area contributed by atoms with Crippen molar-refractivity contribution < 1.29 is 14.6 Å². The Balaban J connectivity index is 3.00. The van der Waals surface area contributed by atoms with Gasteiger partial charge in [0.15, 0.2) is 5.43 Å². The molecule has 0 aliphatic heterocycles. The van der Waals surface area contributed by atoms with E-state index in [4.69, 9.17) is 9.84 Å². The second-order valence-corrected chi connectivity index (χ2v) is 3.61. The molecule has 1 aromatic carbocycles. The van der Waals surface area contributed by atoms with Crippen LogP contribution in [0.2, 0.25) is 0 Å². The molecule has 5 nitrogen and oxygen atoms in total. The topological polar surface area (TPSA) is 68.5 Å². The second-order valence-electron chi connectivity index (χ2n) is 3.61. The normalized spacial score (nSPS) is 10.5. The van der Waals surface area contributed by atoms with Crippen molar-refractivity contribution in [1.82, 2.24) is 4.57 Å². The molecule has 0 atom stereocenters. The molecule has 0 fully saturated rings. The lowest BCUT2D eigenvalue weighted by atomic mass is 10.1. The third-order valence-electron chi connectivity index (χ3n) is 2.67. The van der Waals surface area contributed by atoms with Crippen LogP contribution in [0, 0.1) is 0 Å². The predicted molar refractivity (Wildman–Crippen MR) is 62.7 cm³/mol. The highest BCUT2D eigenvalue weighted by Gasteiger charge is 2.14. The molecule has 1 aromatic heterocycles. The summed E-state index contributed by atoms with van der Waals surface area (Å²) in [7, 11) is 3.07. The number of pyridine rings is 1. The Hall–Kier alpha value is -2.30. The van der Waals surface area contributed by atoms with Crippen molar-refractivity contribution in [3.8, 4) is 5.75 Å². The van der Waals surface area contributed by atoms with Crippen LogP contribution >= 0.6 is 0 Å². The number of carbonyl (C=O) groups is 1. The lowest BCUT2D eigenvalue weighted by Crippen LogP contribution is -2.16. The Morgan fingerprint density at radius 2 is 2.12 bits per heavy atom. The van der Waals surface area contributed by atoms with Crippen LogP contribution in [0.1, 0.15) is 10.5 Å². The first-order valence-electron chi connectivity index (χ1n) is 4.96. The van der Waals surface area contributed by atoms with Gasteiger partial charge < -0.3 is 14.4 Å². The van der Waals surface area contributed by atoms with Crippen molar-refractivity contribution in [3.63, 3.8) is 0 Å². The summed E-state index contributed by atoms with van der Waals surface area (Å²) in [5.41, 5.74) is 0.0984. The molecule has 88 valence electrons. The third kappa shape index (κ3) is 1.65. The van der Waals surface area contributed by atoms with Gasteiger partial charge in [0.25, 0.3) is 0 Å². The quantitative estimate of drug-likeness (QED) is 0.847. The molecule has 1 heterocycles. The molecule has 5 heteroatoms. The number of fused-ring (bicyclic) bond motifs is 1. The number of hydrogen-bond acceptors (Lipinski definition) is 3. The van der Waals surface area contributed by atoms with Gasteiger partial charge in [-0.05, 0) is 12.1 Å². The van der Waals surface area contributed by atoms with E-state index in [0.717, 1.165) is 6.07 Å². The number of aryl methyl sites for hydroxylation is 1. The van der Waals surface area contributed by atoms with E-state index in [1.807, 2.05) is 0 Å². The highest BCUT2D eigenvalue weighted by Crippen LogP contribution is 2.23. The first-order valence-corrected chi connectivity index (χ1v) is 4.96. The van der Waals surface area contributed by atoms with Crippen LogP contribution in [-0.4, -0.2) is 22.8 Å². The van der Waals surface area contributed by atoms with Crippen LogP contribution in [0.4, 0.5) is 0 Å². The van der Waals surface area contributed by atoms with Crippen LogP contribution in [0.5, 0.6) is 5.75 Å². The molecule has 0 amide bonds. The third-order valence-corrected chi connectivity index (χ3v) is 2.67. The first kappa shape index (κ1) is 11.2. The van der Waals surface area contributed by atoms with Gasteiger partial charge in [-0.1, -0.05) is 6.07 Å². The average molecular weight is 233 g/mol. The predicted octanol–water partition coefficient (Wildman–Crippen LogP) is 1.25. The number of aromatic carboxylic acids is 1. The van der Waals surface area contributed by atoms with Gasteiger partial charge in [-0.15, -0.1) is 0 Å². The molecule has 0 spiro atoms. The maximum absolute atomic E-state index is 11.8. The molecule has 0 unspecified atom stereocenters. The number of methoxy groups -OCH3 is 1. The lowest BCUT2D eigenvalue weighted by Gasteiger charge is -2.12. The van der Waals surface area contributed by atoms with E-state index in [2.05, 4.69) is 0 Å². The summed E-state index contributed by atoms with van der Waals surface area (Å²) in [5.74, 6) is -0.664. The fourth-order valence-electron chi connectivity index (χ4n) is 1.86. The number of aromatic nitrogens is 1. The zero-order valence-electron chi connectivity index (χ0n) is 9.43. The molecule has 1 N–H and O–H groups in total. The molecule has 0 aliphatic rings. The zero-order chi connectivity index (χ0) is 12.6. The van der Waals surface area contributed by atoms with Crippen molar-refractivity contribution in [2.24, 2.45) is 7.05 Å². The molecule has 0 bridgehead atoms. The summed E-state index contributed by atoms with van der Waals surface area (Å²) in [6, 6.07) is 6.15. The monoisotopic (exact) mass is 233 g/mol. The minimum atomic E-state index is -1.14. The van der Waals surface area contributed by atoms with Gasteiger partial charge >= 0.3 is 5.97 Å². The number of nitrogens with zero attached hydrogens (tertiary/aromatic N) is 1. The minimum Gasteiger partial charge on any atom is -0.495 e. The number of rotatable bonds is 2. The van der Waals surface area contributed by atoms with Crippen molar-refractivity contribution in [2.45, 2.75) is 0 Å². The SMILES string of the molecule is COc1cccc2c(=O)cc(C(=O)O)n(C)c12. The maximum atomic E-state index is 11.8. The standard InChI is InChI=1S/C12H11NO4/c1-13-8(12(15)16)6-9(14)7-4-3-5-10(17-2)11(7)13/h3-6H,1-2H3,(H,15,16). The molecular formula is C12H11NO4. The molecule has 2 aromatic rings. The molecule has 0 aliphatic carbocycles.